The Labute approximate surface area is 166 Å². The van der Waals surface area contributed by atoms with Crippen LogP contribution in [-0.2, 0) is 13.0 Å². The molecule has 138 valence electrons. The average Bonchev–Trinajstić information content (AvgIpc) is 2.94. The number of benzene rings is 1. The Morgan fingerprint density at radius 3 is 2.81 bits per heavy atom. The van der Waals surface area contributed by atoms with Crippen molar-refractivity contribution in [2.45, 2.75) is 25.8 Å². The van der Waals surface area contributed by atoms with Gasteiger partial charge in [-0.15, -0.1) is 0 Å². The first-order chi connectivity index (χ1) is 13.1. The van der Waals surface area contributed by atoms with Crippen molar-refractivity contribution in [3.05, 3.63) is 63.8 Å². The molecule has 1 aliphatic rings. The Hall–Kier alpha value is -2.64. The second-order valence-corrected chi connectivity index (χ2v) is 7.10. The molecule has 0 spiro atoms. The van der Waals surface area contributed by atoms with E-state index in [0.29, 0.717) is 26.9 Å². The summed E-state index contributed by atoms with van der Waals surface area (Å²) in [5.41, 5.74) is 2.28. The summed E-state index contributed by atoms with van der Waals surface area (Å²) >= 11 is 12.0. The van der Waals surface area contributed by atoms with Crippen molar-refractivity contribution >= 4 is 35.4 Å². The lowest BCUT2D eigenvalue weighted by Crippen LogP contribution is -2.13. The third kappa shape index (κ3) is 3.24. The van der Waals surface area contributed by atoms with E-state index in [0.717, 1.165) is 31.5 Å². The highest BCUT2D eigenvalue weighted by atomic mass is 35.5. The minimum absolute atomic E-state index is 0.131. The van der Waals surface area contributed by atoms with E-state index in [1.807, 2.05) is 4.57 Å². The molecule has 6 nitrogen and oxygen atoms in total. The van der Waals surface area contributed by atoms with Gasteiger partial charge in [-0.3, -0.25) is 14.3 Å². The Kier molecular flexibility index (Phi) is 4.72. The van der Waals surface area contributed by atoms with Gasteiger partial charge in [-0.2, -0.15) is 0 Å². The molecule has 0 radical (unpaired) electrons. The van der Waals surface area contributed by atoms with Crippen LogP contribution in [0.2, 0.25) is 5.02 Å². The summed E-state index contributed by atoms with van der Waals surface area (Å²) in [4.78, 5) is 16.3. The Balaban J connectivity index is 1.66. The van der Waals surface area contributed by atoms with Gasteiger partial charge in [-0.05, 0) is 61.8 Å². The Bertz CT molecular complexity index is 1080. The maximum absolute atomic E-state index is 12.2. The van der Waals surface area contributed by atoms with Crippen LogP contribution in [0.15, 0.2) is 42.6 Å². The van der Waals surface area contributed by atoms with E-state index in [-0.39, 0.29) is 11.8 Å². The van der Waals surface area contributed by atoms with Gasteiger partial charge in [-0.1, -0.05) is 17.7 Å². The van der Waals surface area contributed by atoms with E-state index < -0.39 is 0 Å². The topological polar surface area (TPSA) is 72.1 Å². The summed E-state index contributed by atoms with van der Waals surface area (Å²) in [6.07, 6.45) is 4.41. The molecule has 0 saturated carbocycles. The van der Waals surface area contributed by atoms with Gasteiger partial charge in [0.15, 0.2) is 4.77 Å². The zero-order valence-electron chi connectivity index (χ0n) is 14.4. The van der Waals surface area contributed by atoms with Crippen molar-refractivity contribution < 1.29 is 9.90 Å². The third-order valence-electron chi connectivity index (χ3n) is 4.61. The van der Waals surface area contributed by atoms with Crippen molar-refractivity contribution in [3.8, 4) is 11.6 Å². The lowest BCUT2D eigenvalue weighted by molar-refractivity contribution is 0.102. The van der Waals surface area contributed by atoms with Gasteiger partial charge in [0.2, 0.25) is 5.88 Å². The van der Waals surface area contributed by atoms with Gasteiger partial charge in [-0.25, -0.2) is 0 Å². The maximum Gasteiger partial charge on any atom is 0.274 e. The molecule has 1 aliphatic heterocycles. The van der Waals surface area contributed by atoms with Gasteiger partial charge in [0.25, 0.3) is 5.91 Å². The molecule has 2 aromatic heterocycles. The number of imidazole rings is 1. The first kappa shape index (κ1) is 17.8. The number of amides is 1. The first-order valence-corrected chi connectivity index (χ1v) is 9.40. The quantitative estimate of drug-likeness (QED) is 0.641. The number of pyridine rings is 1. The van der Waals surface area contributed by atoms with Crippen molar-refractivity contribution in [3.63, 3.8) is 0 Å². The highest BCUT2D eigenvalue weighted by molar-refractivity contribution is 7.71. The molecule has 0 fully saturated rings. The number of hydrogen-bond acceptors (Lipinski definition) is 4. The van der Waals surface area contributed by atoms with Crippen molar-refractivity contribution in [2.75, 3.05) is 5.32 Å². The summed E-state index contributed by atoms with van der Waals surface area (Å²) in [6.45, 7) is 0.796. The molecule has 0 bridgehead atoms. The molecular formula is C19H17ClN4O2S. The molecule has 8 heteroatoms. The van der Waals surface area contributed by atoms with E-state index in [2.05, 4.69) is 10.3 Å². The third-order valence-corrected chi connectivity index (χ3v) is 5.31. The number of nitrogens with zero attached hydrogens (tertiary/aromatic N) is 3. The minimum Gasteiger partial charge on any atom is -0.493 e. The van der Waals surface area contributed by atoms with Gasteiger partial charge in [0, 0.05) is 18.4 Å². The van der Waals surface area contributed by atoms with E-state index >= 15 is 0 Å². The summed E-state index contributed by atoms with van der Waals surface area (Å²) in [7, 11) is 0. The normalized spacial score (nSPS) is 13.2. The van der Waals surface area contributed by atoms with Crippen LogP contribution in [0.25, 0.3) is 5.69 Å². The fourth-order valence-corrected chi connectivity index (χ4v) is 3.94. The van der Waals surface area contributed by atoms with E-state index in [9.17, 15) is 9.90 Å². The zero-order chi connectivity index (χ0) is 19.0. The number of carbonyl (C=O) groups excluding carboxylic acids is 1. The second kappa shape index (κ2) is 7.17. The number of aromatic nitrogens is 3. The molecule has 4 rings (SSSR count). The number of carbonyl (C=O) groups is 1. The van der Waals surface area contributed by atoms with Crippen LogP contribution in [0.5, 0.6) is 5.88 Å². The fourth-order valence-electron chi connectivity index (χ4n) is 3.29. The Morgan fingerprint density at radius 2 is 2.11 bits per heavy atom. The molecule has 0 saturated heterocycles. The van der Waals surface area contributed by atoms with Crippen molar-refractivity contribution in [1.82, 2.24) is 14.1 Å². The fraction of sp³-hybridized carbons (Fsp3) is 0.211. The van der Waals surface area contributed by atoms with Crippen LogP contribution in [0.4, 0.5) is 5.69 Å². The SMILES string of the molecule is O=C(Nc1ccc(-n2c(O)c3n(c2=S)CCCC3)c(Cl)c1)c1ccccn1. The first-order valence-electron chi connectivity index (χ1n) is 8.62. The molecule has 3 heterocycles. The summed E-state index contributed by atoms with van der Waals surface area (Å²) in [6, 6.07) is 10.2. The van der Waals surface area contributed by atoms with E-state index in [1.165, 1.54) is 0 Å². The van der Waals surface area contributed by atoms with Crippen molar-refractivity contribution in [1.29, 1.82) is 0 Å². The number of rotatable bonds is 3. The van der Waals surface area contributed by atoms with E-state index in [1.54, 1.807) is 47.2 Å². The van der Waals surface area contributed by atoms with Gasteiger partial charge >= 0.3 is 0 Å². The molecule has 0 atom stereocenters. The zero-order valence-corrected chi connectivity index (χ0v) is 15.9. The predicted molar refractivity (Wildman–Crippen MR) is 106 cm³/mol. The number of anilines is 1. The molecule has 0 aliphatic carbocycles. The molecule has 27 heavy (non-hydrogen) atoms. The molecule has 2 N–H and O–H groups in total. The van der Waals surface area contributed by atoms with Crippen LogP contribution in [0, 0.1) is 4.77 Å². The van der Waals surface area contributed by atoms with Crippen LogP contribution in [0.3, 0.4) is 0 Å². The molecule has 0 unspecified atom stereocenters. The monoisotopic (exact) mass is 400 g/mol. The number of aromatic hydroxyl groups is 1. The highest BCUT2D eigenvalue weighted by Gasteiger charge is 2.22. The summed E-state index contributed by atoms with van der Waals surface area (Å²) < 4.78 is 4.07. The second-order valence-electron chi connectivity index (χ2n) is 6.33. The predicted octanol–water partition coefficient (Wildman–Crippen LogP) is 4.35. The van der Waals surface area contributed by atoms with Gasteiger partial charge in [0.05, 0.1) is 16.4 Å². The van der Waals surface area contributed by atoms with Gasteiger partial charge < -0.3 is 15.0 Å². The maximum atomic E-state index is 12.2. The summed E-state index contributed by atoms with van der Waals surface area (Å²) in [5, 5.41) is 13.8. The van der Waals surface area contributed by atoms with E-state index in [4.69, 9.17) is 23.8 Å². The molecule has 1 aromatic carbocycles. The lowest BCUT2D eigenvalue weighted by atomic mass is 10.1. The summed E-state index contributed by atoms with van der Waals surface area (Å²) in [5.74, 6) is -0.190. The van der Waals surface area contributed by atoms with Crippen LogP contribution < -0.4 is 5.32 Å². The molecule has 3 aromatic rings. The van der Waals surface area contributed by atoms with Crippen LogP contribution >= 0.6 is 23.8 Å². The standard InChI is InChI=1S/C19H17ClN4O2S/c20-13-11-12(22-17(25)14-5-1-3-9-21-14)7-8-15(13)24-18(26)16-6-2-4-10-23(16)19(24)27/h1,3,5,7-9,11,26H,2,4,6,10H2,(H,22,25). The number of nitrogens with one attached hydrogen (secondary N) is 1. The smallest absolute Gasteiger partial charge is 0.274 e. The number of fused-ring (bicyclic) bond motifs is 1. The molecular weight excluding hydrogens is 384 g/mol. The largest absolute Gasteiger partial charge is 0.493 e. The van der Waals surface area contributed by atoms with Crippen LogP contribution in [-0.4, -0.2) is 25.1 Å². The van der Waals surface area contributed by atoms with Gasteiger partial charge in [0.1, 0.15) is 5.69 Å². The number of halogens is 1. The van der Waals surface area contributed by atoms with Crippen molar-refractivity contribution in [2.24, 2.45) is 0 Å². The number of hydrogen-bond donors (Lipinski definition) is 2. The highest BCUT2D eigenvalue weighted by Crippen LogP contribution is 2.33. The molecule has 1 amide bonds. The average molecular weight is 401 g/mol. The lowest BCUT2D eigenvalue weighted by Gasteiger charge is -2.12. The Morgan fingerprint density at radius 1 is 1.26 bits per heavy atom. The minimum atomic E-state index is -0.321. The van der Waals surface area contributed by atoms with Crippen LogP contribution in [0.1, 0.15) is 29.0 Å².